The van der Waals surface area contributed by atoms with Gasteiger partial charge in [0.15, 0.2) is 5.84 Å². The number of hydrazone groups is 1. The van der Waals surface area contributed by atoms with Crippen molar-refractivity contribution in [3.63, 3.8) is 0 Å². The fourth-order valence-electron chi connectivity index (χ4n) is 4.17. The summed E-state index contributed by atoms with van der Waals surface area (Å²) in [5.74, 6) is 11.7. The minimum Gasteiger partial charge on any atom is -0.394 e. The van der Waals surface area contributed by atoms with Crippen molar-refractivity contribution in [2.24, 2.45) is 22.5 Å². The molecule has 1 unspecified atom stereocenters. The van der Waals surface area contributed by atoms with Crippen LogP contribution in [0.15, 0.2) is 71.5 Å². The maximum atomic E-state index is 12.2. The van der Waals surface area contributed by atoms with Crippen molar-refractivity contribution in [1.82, 2.24) is 16.1 Å². The quantitative estimate of drug-likeness (QED) is 0.0709. The van der Waals surface area contributed by atoms with Crippen LogP contribution < -0.4 is 33.5 Å². The summed E-state index contributed by atoms with van der Waals surface area (Å²) < 4.78 is 0. The summed E-state index contributed by atoms with van der Waals surface area (Å²) >= 11 is 0. The molecule has 2 atom stereocenters. The fourth-order valence-corrected chi connectivity index (χ4v) is 4.17. The van der Waals surface area contributed by atoms with Crippen molar-refractivity contribution in [3.05, 3.63) is 83.1 Å². The average molecular weight is 530 g/mol. The summed E-state index contributed by atoms with van der Waals surface area (Å²) in [4.78, 5) is 12.2. The molecule has 0 aliphatic heterocycles. The minimum atomic E-state index is -1.16. The topological polar surface area (TPSA) is 164 Å². The molecule has 1 aliphatic rings. The number of amidine groups is 1. The third kappa shape index (κ3) is 9.81. The number of hydrogen-bond donors (Lipinski definition) is 7. The molecule has 10 N–H and O–H groups in total. The Kier molecular flexibility index (Phi) is 20.0. The number of nitrogens with zero attached hydrogens (tertiary/aromatic N) is 1. The Labute approximate surface area is 230 Å². The van der Waals surface area contributed by atoms with Crippen LogP contribution >= 0.6 is 0 Å². The molecular formula is C29H51N7O2. The van der Waals surface area contributed by atoms with E-state index in [9.17, 15) is 9.90 Å². The van der Waals surface area contributed by atoms with E-state index in [0.717, 1.165) is 28.7 Å². The first-order valence-electron chi connectivity index (χ1n) is 13.1. The second-order valence-electron chi connectivity index (χ2n) is 7.82. The maximum Gasteiger partial charge on any atom is 0.251 e. The number of amides is 1. The molecule has 9 heteroatoms. The van der Waals surface area contributed by atoms with Crippen LogP contribution in [-0.4, -0.2) is 37.2 Å². The van der Waals surface area contributed by atoms with Gasteiger partial charge in [-0.1, -0.05) is 70.2 Å². The highest BCUT2D eigenvalue weighted by molar-refractivity contribution is 5.98. The van der Waals surface area contributed by atoms with Gasteiger partial charge in [0.25, 0.3) is 5.91 Å². The van der Waals surface area contributed by atoms with E-state index in [1.807, 2.05) is 85.0 Å². The third-order valence-corrected chi connectivity index (χ3v) is 5.70. The van der Waals surface area contributed by atoms with Gasteiger partial charge in [0, 0.05) is 26.1 Å². The second kappa shape index (κ2) is 20.6. The molecule has 1 amide bonds. The third-order valence-electron chi connectivity index (χ3n) is 5.70. The highest BCUT2D eigenvalue weighted by Crippen LogP contribution is 2.44. The van der Waals surface area contributed by atoms with E-state index in [4.69, 9.17) is 17.4 Å². The van der Waals surface area contributed by atoms with Gasteiger partial charge in [-0.05, 0) is 61.7 Å². The molecule has 0 radical (unpaired) electrons. The molecular weight excluding hydrogens is 478 g/mol. The molecule has 0 spiro atoms. The zero-order valence-corrected chi connectivity index (χ0v) is 24.6. The SMILES string of the molecule is C/C=C\C=C/C1=C(C)CCc2cc(C(=O)NC)ccc2C1(C[C@H](N)O)/C(=N/N)NN.C=CNC.CC.CC. The highest BCUT2D eigenvalue weighted by atomic mass is 16.3. The molecule has 9 nitrogen and oxygen atoms in total. The summed E-state index contributed by atoms with van der Waals surface area (Å²) in [6.45, 7) is 15.3. The van der Waals surface area contributed by atoms with E-state index in [-0.39, 0.29) is 18.2 Å². The Bertz CT molecular complexity index is 966. The Hall–Kier alpha value is -3.40. The van der Waals surface area contributed by atoms with Crippen molar-refractivity contribution in [2.75, 3.05) is 14.1 Å². The predicted octanol–water partition coefficient (Wildman–Crippen LogP) is 3.48. The molecule has 0 saturated heterocycles. The normalized spacial score (nSPS) is 17.4. The number of rotatable bonds is 7. The molecule has 0 bridgehead atoms. The molecule has 0 saturated carbocycles. The first-order chi connectivity index (χ1) is 18.3. The number of allylic oxidation sites excluding steroid dienone is 5. The van der Waals surface area contributed by atoms with Gasteiger partial charge < -0.3 is 32.7 Å². The number of carbonyl (C=O) groups excluding carboxylic acids is 1. The second-order valence-corrected chi connectivity index (χ2v) is 7.82. The highest BCUT2D eigenvalue weighted by Gasteiger charge is 2.45. The molecule has 1 aromatic carbocycles. The first kappa shape index (κ1) is 36.8. The van der Waals surface area contributed by atoms with Crippen LogP contribution in [0, 0.1) is 0 Å². The molecule has 38 heavy (non-hydrogen) atoms. The molecule has 0 fully saturated rings. The number of nitrogens with one attached hydrogen (secondary N) is 3. The largest absolute Gasteiger partial charge is 0.394 e. The number of carbonyl (C=O) groups is 1. The molecule has 0 aromatic heterocycles. The van der Waals surface area contributed by atoms with Crippen molar-refractivity contribution >= 4 is 11.7 Å². The van der Waals surface area contributed by atoms with Gasteiger partial charge >= 0.3 is 0 Å². The number of aryl methyl sites for hydroxylation is 1. The van der Waals surface area contributed by atoms with Crippen LogP contribution in [0.4, 0.5) is 0 Å². The number of hydrazine groups is 1. The van der Waals surface area contributed by atoms with Crippen molar-refractivity contribution < 1.29 is 9.90 Å². The van der Waals surface area contributed by atoms with Gasteiger partial charge in [0.05, 0.1) is 5.41 Å². The Morgan fingerprint density at radius 1 is 1.21 bits per heavy atom. The lowest BCUT2D eigenvalue weighted by molar-refractivity contribution is 0.0963. The van der Waals surface area contributed by atoms with Crippen LogP contribution in [-0.2, 0) is 11.8 Å². The van der Waals surface area contributed by atoms with Gasteiger partial charge in [-0.25, -0.2) is 5.84 Å². The van der Waals surface area contributed by atoms with Crippen LogP contribution in [0.2, 0.25) is 0 Å². The standard InChI is InChI=1S/C22H32N6O2.C3H7N.2C2H6/c1-4-5-6-7-17-14(2)8-9-15-12-16(20(30)26-3)10-11-18(15)22(17,13-19(23)29)21(27-24)28-25;1-3-4-2;2*1-2/h4-7,10-12,19,29H,8-9,13,23-25H2,1-3H3,(H,26,30)(H,27,28);3-4H,1H2,2H3;2*1-2H3/b5-4-,7-6-;;;/t19-,22?;;;/m1.../s1. The van der Waals surface area contributed by atoms with Crippen LogP contribution in [0.5, 0.6) is 0 Å². The smallest absolute Gasteiger partial charge is 0.251 e. The fraction of sp³-hybridized carbons (Fsp3) is 0.448. The van der Waals surface area contributed by atoms with Gasteiger partial charge in [-0.15, -0.1) is 0 Å². The molecule has 1 aliphatic carbocycles. The lowest BCUT2D eigenvalue weighted by Gasteiger charge is -2.38. The van der Waals surface area contributed by atoms with Crippen LogP contribution in [0.3, 0.4) is 0 Å². The van der Waals surface area contributed by atoms with Crippen molar-refractivity contribution in [1.29, 1.82) is 0 Å². The zero-order valence-electron chi connectivity index (χ0n) is 24.6. The lowest BCUT2D eigenvalue weighted by Crippen LogP contribution is -2.52. The summed E-state index contributed by atoms with van der Waals surface area (Å²) in [6, 6.07) is 5.48. The number of hydrogen-bond acceptors (Lipinski definition) is 7. The van der Waals surface area contributed by atoms with Gasteiger partial charge in [-0.2, -0.15) is 5.10 Å². The van der Waals surface area contributed by atoms with E-state index < -0.39 is 11.6 Å². The maximum absolute atomic E-state index is 12.2. The van der Waals surface area contributed by atoms with E-state index in [2.05, 4.69) is 27.7 Å². The number of benzene rings is 1. The minimum absolute atomic E-state index is 0.104. The lowest BCUT2D eigenvalue weighted by atomic mass is 9.68. The van der Waals surface area contributed by atoms with Gasteiger partial charge in [-0.3, -0.25) is 4.79 Å². The van der Waals surface area contributed by atoms with E-state index >= 15 is 0 Å². The van der Waals surface area contributed by atoms with Crippen molar-refractivity contribution in [3.8, 4) is 0 Å². The van der Waals surface area contributed by atoms with Crippen molar-refractivity contribution in [2.45, 2.75) is 72.4 Å². The molecule has 1 aromatic rings. The Balaban J connectivity index is 0. The van der Waals surface area contributed by atoms with Gasteiger partial charge in [0.2, 0.25) is 0 Å². The zero-order chi connectivity index (χ0) is 29.7. The molecule has 0 heterocycles. The number of fused-ring (bicyclic) bond motifs is 1. The first-order valence-corrected chi connectivity index (χ1v) is 13.1. The van der Waals surface area contributed by atoms with Gasteiger partial charge in [0.1, 0.15) is 6.23 Å². The number of aliphatic hydroxyl groups excluding tert-OH is 1. The monoisotopic (exact) mass is 529 g/mol. The van der Waals surface area contributed by atoms with E-state index in [0.29, 0.717) is 12.0 Å². The number of aliphatic hydroxyl groups is 1. The van der Waals surface area contributed by atoms with Crippen LogP contribution in [0.1, 0.15) is 75.9 Å². The Morgan fingerprint density at radius 3 is 2.26 bits per heavy atom. The number of nitrogens with two attached hydrogens (primary N) is 3. The predicted molar refractivity (Wildman–Crippen MR) is 162 cm³/mol. The summed E-state index contributed by atoms with van der Waals surface area (Å²) in [7, 11) is 3.41. The summed E-state index contributed by atoms with van der Waals surface area (Å²) in [5.41, 5.74) is 11.8. The van der Waals surface area contributed by atoms with Crippen LogP contribution in [0.25, 0.3) is 0 Å². The molecule has 214 valence electrons. The average Bonchev–Trinajstić information content (AvgIpc) is 3.05. The Morgan fingerprint density at radius 2 is 1.82 bits per heavy atom. The summed E-state index contributed by atoms with van der Waals surface area (Å²) in [6.07, 6.45) is 9.77. The van der Waals surface area contributed by atoms with E-state index in [1.165, 1.54) is 0 Å². The van der Waals surface area contributed by atoms with E-state index in [1.54, 1.807) is 19.3 Å². The molecule has 2 rings (SSSR count). The summed E-state index contributed by atoms with van der Waals surface area (Å²) in [5, 5.41) is 19.5.